The highest BCUT2D eigenvalue weighted by Gasteiger charge is 2.45. The van der Waals surface area contributed by atoms with E-state index < -0.39 is 0 Å². The van der Waals surface area contributed by atoms with Gasteiger partial charge in [-0.25, -0.2) is 0 Å². The molecule has 1 spiro atoms. The molecule has 1 aromatic rings. The Hall–Kier alpha value is -1.51. The molecule has 3 aliphatic rings. The second-order valence-corrected chi connectivity index (χ2v) is 7.79. The molecule has 0 aromatic carbocycles. The van der Waals surface area contributed by atoms with Crippen molar-refractivity contribution in [3.8, 4) is 6.07 Å². The molecule has 2 aliphatic heterocycles. The van der Waals surface area contributed by atoms with Crippen LogP contribution in [-0.2, 0) is 6.54 Å². The lowest BCUT2D eigenvalue weighted by Crippen LogP contribution is -2.40. The van der Waals surface area contributed by atoms with Gasteiger partial charge in [0.1, 0.15) is 11.6 Å². The molecule has 1 atom stereocenters. The monoisotopic (exact) mass is 362 g/mol. The van der Waals surface area contributed by atoms with Crippen molar-refractivity contribution in [1.29, 1.82) is 5.26 Å². The molecule has 3 heterocycles. The number of aromatic nitrogens is 1. The van der Waals surface area contributed by atoms with E-state index in [0.29, 0.717) is 16.9 Å². The summed E-state index contributed by atoms with van der Waals surface area (Å²) in [4.78, 5) is 17.9. The molecule has 136 valence electrons. The zero-order valence-electron chi connectivity index (χ0n) is 14.9. The summed E-state index contributed by atoms with van der Waals surface area (Å²) < 4.78 is 0. The highest BCUT2D eigenvalue weighted by molar-refractivity contribution is 5.85. The van der Waals surface area contributed by atoms with E-state index in [4.69, 9.17) is 0 Å². The fourth-order valence-electron chi connectivity index (χ4n) is 4.58. The molecular formula is C19H27ClN4O. The summed E-state index contributed by atoms with van der Waals surface area (Å²) in [5.74, 6) is 0.345. The molecule has 0 radical (unpaired) electrons. The average Bonchev–Trinajstić information content (AvgIpc) is 3.35. The molecular weight excluding hydrogens is 336 g/mol. The zero-order chi connectivity index (χ0) is 16.7. The standard InChI is InChI=1S/C19H26N4O.ClH/c1-2-3-13-11-21-12-15-16(13)22-18(24)14(10-20)17(15)23-8-6-19(4-5-19)7-9-23;/h13,21H,2-9,11-12H2,1H3,(H,22,24);1H/t13-;/m0./s1. The number of nitriles is 1. The molecule has 1 aromatic heterocycles. The number of halogens is 1. The van der Waals surface area contributed by atoms with Crippen LogP contribution < -0.4 is 15.8 Å². The third-order valence-electron chi connectivity index (χ3n) is 6.27. The van der Waals surface area contributed by atoms with Crippen molar-refractivity contribution in [2.24, 2.45) is 5.41 Å². The minimum absolute atomic E-state index is 0. The van der Waals surface area contributed by atoms with Gasteiger partial charge < -0.3 is 15.2 Å². The van der Waals surface area contributed by atoms with E-state index in [1.165, 1.54) is 25.7 Å². The Morgan fingerprint density at radius 1 is 1.28 bits per heavy atom. The van der Waals surface area contributed by atoms with E-state index in [1.807, 2.05) is 0 Å². The van der Waals surface area contributed by atoms with E-state index in [1.54, 1.807) is 0 Å². The van der Waals surface area contributed by atoms with Crippen LogP contribution >= 0.6 is 12.4 Å². The van der Waals surface area contributed by atoms with Crippen molar-refractivity contribution in [3.63, 3.8) is 0 Å². The van der Waals surface area contributed by atoms with Gasteiger partial charge in [0.25, 0.3) is 5.56 Å². The van der Waals surface area contributed by atoms with Crippen molar-refractivity contribution >= 4 is 18.1 Å². The Balaban J connectivity index is 0.00000182. The summed E-state index contributed by atoms with van der Waals surface area (Å²) in [5.41, 5.74) is 3.83. The molecule has 25 heavy (non-hydrogen) atoms. The van der Waals surface area contributed by atoms with Gasteiger partial charge in [-0.15, -0.1) is 12.4 Å². The summed E-state index contributed by atoms with van der Waals surface area (Å²) >= 11 is 0. The Labute approximate surface area is 155 Å². The molecule has 1 saturated heterocycles. The highest BCUT2D eigenvalue weighted by atomic mass is 35.5. The van der Waals surface area contributed by atoms with Crippen molar-refractivity contribution in [3.05, 3.63) is 27.2 Å². The van der Waals surface area contributed by atoms with E-state index in [9.17, 15) is 10.1 Å². The minimum Gasteiger partial charge on any atom is -0.370 e. The van der Waals surface area contributed by atoms with Crippen molar-refractivity contribution in [2.75, 3.05) is 24.5 Å². The first-order chi connectivity index (χ1) is 11.7. The molecule has 6 heteroatoms. The van der Waals surface area contributed by atoms with Crippen LogP contribution in [0, 0.1) is 16.7 Å². The second-order valence-electron chi connectivity index (χ2n) is 7.79. The number of anilines is 1. The number of piperidine rings is 1. The number of hydrogen-bond acceptors (Lipinski definition) is 4. The molecule has 0 bridgehead atoms. The third kappa shape index (κ3) is 3.18. The summed E-state index contributed by atoms with van der Waals surface area (Å²) in [6.07, 6.45) is 7.27. The van der Waals surface area contributed by atoms with E-state index in [2.05, 4.69) is 28.2 Å². The van der Waals surface area contributed by atoms with Crippen LogP contribution in [0.25, 0.3) is 0 Å². The maximum absolute atomic E-state index is 12.6. The number of rotatable bonds is 3. The van der Waals surface area contributed by atoms with Gasteiger partial charge in [-0.05, 0) is 37.5 Å². The Morgan fingerprint density at radius 2 is 2.00 bits per heavy atom. The van der Waals surface area contributed by atoms with Crippen LogP contribution in [0.15, 0.2) is 4.79 Å². The molecule has 1 aliphatic carbocycles. The first-order valence-corrected chi connectivity index (χ1v) is 9.32. The van der Waals surface area contributed by atoms with Crippen LogP contribution in [0.2, 0.25) is 0 Å². The number of hydrogen-bond donors (Lipinski definition) is 2. The number of H-pyrrole nitrogens is 1. The van der Waals surface area contributed by atoms with E-state index in [-0.39, 0.29) is 18.0 Å². The molecule has 0 unspecified atom stereocenters. The topological polar surface area (TPSA) is 71.9 Å². The van der Waals surface area contributed by atoms with Gasteiger partial charge >= 0.3 is 0 Å². The predicted molar refractivity (Wildman–Crippen MR) is 101 cm³/mol. The Kier molecular flexibility index (Phi) is 5.13. The van der Waals surface area contributed by atoms with Gasteiger partial charge in [0.15, 0.2) is 0 Å². The van der Waals surface area contributed by atoms with Gasteiger partial charge in [0, 0.05) is 43.4 Å². The number of nitrogens with one attached hydrogen (secondary N) is 2. The van der Waals surface area contributed by atoms with Gasteiger partial charge in [-0.2, -0.15) is 5.26 Å². The lowest BCUT2D eigenvalue weighted by atomic mass is 9.88. The summed E-state index contributed by atoms with van der Waals surface area (Å²) in [7, 11) is 0. The van der Waals surface area contributed by atoms with Gasteiger partial charge in [0.05, 0.1) is 5.69 Å². The molecule has 5 nitrogen and oxygen atoms in total. The van der Waals surface area contributed by atoms with Crippen molar-refractivity contribution < 1.29 is 0 Å². The summed E-state index contributed by atoms with van der Waals surface area (Å²) in [6.45, 7) is 5.78. The first kappa shape index (κ1) is 18.3. The van der Waals surface area contributed by atoms with Crippen LogP contribution in [-0.4, -0.2) is 24.6 Å². The summed E-state index contributed by atoms with van der Waals surface area (Å²) in [5, 5.41) is 13.1. The Bertz CT molecular complexity index is 737. The molecule has 4 rings (SSSR count). The molecule has 2 N–H and O–H groups in total. The number of aromatic amines is 1. The van der Waals surface area contributed by atoms with E-state index >= 15 is 0 Å². The Morgan fingerprint density at radius 3 is 2.60 bits per heavy atom. The number of fused-ring (bicyclic) bond motifs is 1. The van der Waals surface area contributed by atoms with Gasteiger partial charge in [-0.3, -0.25) is 4.79 Å². The molecule has 0 amide bonds. The molecule has 1 saturated carbocycles. The summed E-state index contributed by atoms with van der Waals surface area (Å²) in [6, 6.07) is 2.18. The maximum Gasteiger partial charge on any atom is 0.268 e. The molecule has 2 fully saturated rings. The average molecular weight is 363 g/mol. The van der Waals surface area contributed by atoms with Gasteiger partial charge in [0.2, 0.25) is 0 Å². The first-order valence-electron chi connectivity index (χ1n) is 9.32. The SMILES string of the molecule is CCC[C@H]1CNCc2c1[nH]c(=O)c(C#N)c2N1CCC2(CC1)CC2.Cl. The predicted octanol–water partition coefficient (Wildman–Crippen LogP) is 3.04. The number of nitrogens with zero attached hydrogens (tertiary/aromatic N) is 2. The minimum atomic E-state index is -0.207. The lowest BCUT2D eigenvalue weighted by molar-refractivity contribution is 0.383. The maximum atomic E-state index is 12.6. The largest absolute Gasteiger partial charge is 0.370 e. The fourth-order valence-corrected chi connectivity index (χ4v) is 4.58. The fraction of sp³-hybridized carbons (Fsp3) is 0.684. The highest BCUT2D eigenvalue weighted by Crippen LogP contribution is 2.54. The van der Waals surface area contributed by atoms with Crippen molar-refractivity contribution in [1.82, 2.24) is 10.3 Å². The second kappa shape index (κ2) is 7.01. The normalized spacial score (nSPS) is 23.5. The van der Waals surface area contributed by atoms with Crippen LogP contribution in [0.5, 0.6) is 0 Å². The van der Waals surface area contributed by atoms with E-state index in [0.717, 1.165) is 56.0 Å². The zero-order valence-corrected chi connectivity index (χ0v) is 15.7. The quantitative estimate of drug-likeness (QED) is 0.866. The van der Waals surface area contributed by atoms with Crippen LogP contribution in [0.3, 0.4) is 0 Å². The van der Waals surface area contributed by atoms with Crippen molar-refractivity contribution in [2.45, 2.75) is 57.9 Å². The number of pyridine rings is 1. The van der Waals surface area contributed by atoms with Crippen LogP contribution in [0.4, 0.5) is 5.69 Å². The smallest absolute Gasteiger partial charge is 0.268 e. The van der Waals surface area contributed by atoms with Crippen LogP contribution in [0.1, 0.15) is 68.2 Å². The third-order valence-corrected chi connectivity index (χ3v) is 6.27. The lowest BCUT2D eigenvalue weighted by Gasteiger charge is -2.37. The van der Waals surface area contributed by atoms with Gasteiger partial charge in [-0.1, -0.05) is 13.3 Å².